The molecule has 1 aliphatic rings. The molecule has 1 fully saturated rings. The first kappa shape index (κ1) is 14.9. The summed E-state index contributed by atoms with van der Waals surface area (Å²) in [7, 11) is 1.85. The van der Waals surface area contributed by atoms with Gasteiger partial charge in [0.15, 0.2) is 0 Å². The molecule has 0 saturated carbocycles. The van der Waals surface area contributed by atoms with E-state index in [9.17, 15) is 9.59 Å². The van der Waals surface area contributed by atoms with Crippen LogP contribution in [0.2, 0.25) is 0 Å². The lowest BCUT2D eigenvalue weighted by Crippen LogP contribution is -2.41. The number of likely N-dealkylation sites (tertiary alicyclic amines) is 1. The Morgan fingerprint density at radius 2 is 1.81 bits per heavy atom. The van der Waals surface area contributed by atoms with Gasteiger partial charge in [0, 0.05) is 0 Å². The van der Waals surface area contributed by atoms with Crippen molar-refractivity contribution in [3.05, 3.63) is 0 Å². The second-order valence-corrected chi connectivity index (χ2v) is 4.50. The van der Waals surface area contributed by atoms with Crippen LogP contribution in [0.3, 0.4) is 0 Å². The van der Waals surface area contributed by atoms with Crippen LogP contribution >= 0.6 is 0 Å². The Hall–Kier alpha value is -1.14. The van der Waals surface area contributed by atoms with Gasteiger partial charge < -0.3 is 15.9 Å². The number of nitrogens with two attached hydrogens (primary N) is 1. The summed E-state index contributed by atoms with van der Waals surface area (Å²) in [5.74, 6) is -1.66. The molecule has 0 bridgehead atoms. The highest BCUT2D eigenvalue weighted by atomic mass is 16.4. The minimum atomic E-state index is -1.08. The molecule has 0 aromatic heterocycles. The Morgan fingerprint density at radius 1 is 1.38 bits per heavy atom. The fraction of sp³-hybridized carbons (Fsp3) is 0.800. The van der Waals surface area contributed by atoms with E-state index in [1.54, 1.807) is 0 Å². The van der Waals surface area contributed by atoms with Gasteiger partial charge in [-0.25, -0.2) is 0 Å². The number of likely N-dealkylation sites (N-methyl/N-ethyl adjacent to an activating group) is 1. The third kappa shape index (κ3) is 5.09. The minimum absolute atomic E-state index is 0.218. The molecule has 0 spiro atoms. The van der Waals surface area contributed by atoms with Crippen molar-refractivity contribution in [1.29, 1.82) is 0 Å². The molecule has 0 aromatic rings. The van der Waals surface area contributed by atoms with E-state index < -0.39 is 17.5 Å². The van der Waals surface area contributed by atoms with E-state index in [4.69, 9.17) is 15.9 Å². The number of carboxylic acids is 2. The van der Waals surface area contributed by atoms with Crippen molar-refractivity contribution in [2.45, 2.75) is 38.3 Å². The number of aliphatic carboxylic acids is 2. The summed E-state index contributed by atoms with van der Waals surface area (Å²) in [4.78, 5) is 22.1. The van der Waals surface area contributed by atoms with Crippen LogP contribution in [-0.4, -0.2) is 52.2 Å². The molecule has 1 heterocycles. The zero-order chi connectivity index (χ0) is 12.9. The van der Waals surface area contributed by atoms with Gasteiger partial charge in [-0.3, -0.25) is 14.5 Å². The fourth-order valence-corrected chi connectivity index (χ4v) is 1.22. The normalized spacial score (nSPS) is 21.1. The minimum Gasteiger partial charge on any atom is -0.480 e. The summed E-state index contributed by atoms with van der Waals surface area (Å²) >= 11 is 0. The first-order valence-electron chi connectivity index (χ1n) is 5.11. The summed E-state index contributed by atoms with van der Waals surface area (Å²) in [5.41, 5.74) is 4.00. The second-order valence-electron chi connectivity index (χ2n) is 4.50. The van der Waals surface area contributed by atoms with E-state index in [-0.39, 0.29) is 6.04 Å². The molecule has 0 aliphatic carbocycles. The summed E-state index contributed by atoms with van der Waals surface area (Å²) < 4.78 is 0. The van der Waals surface area contributed by atoms with Crippen LogP contribution in [0.5, 0.6) is 0 Å². The Labute approximate surface area is 95.0 Å². The Balaban J connectivity index is 0.000000293. The van der Waals surface area contributed by atoms with Gasteiger partial charge in [0.1, 0.15) is 11.6 Å². The van der Waals surface area contributed by atoms with Crippen LogP contribution in [0.25, 0.3) is 0 Å². The first-order valence-corrected chi connectivity index (χ1v) is 5.11. The second kappa shape index (κ2) is 5.81. The zero-order valence-electron chi connectivity index (χ0n) is 9.93. The molecule has 1 aliphatic heterocycles. The highest BCUT2D eigenvalue weighted by molar-refractivity contribution is 5.77. The number of hydrogen-bond donors (Lipinski definition) is 3. The maximum atomic E-state index is 10.4. The van der Waals surface area contributed by atoms with Gasteiger partial charge in [-0.2, -0.15) is 0 Å². The van der Waals surface area contributed by atoms with E-state index in [1.807, 2.05) is 11.9 Å². The van der Waals surface area contributed by atoms with Gasteiger partial charge in [0.2, 0.25) is 0 Å². The van der Waals surface area contributed by atoms with Crippen molar-refractivity contribution >= 4 is 11.9 Å². The van der Waals surface area contributed by atoms with Gasteiger partial charge in [-0.15, -0.1) is 0 Å². The number of rotatable bonds is 2. The van der Waals surface area contributed by atoms with Gasteiger partial charge in [-0.05, 0) is 40.3 Å². The molecule has 0 aromatic carbocycles. The Morgan fingerprint density at radius 3 is 1.94 bits per heavy atom. The van der Waals surface area contributed by atoms with Gasteiger partial charge in [0.05, 0.1) is 0 Å². The van der Waals surface area contributed by atoms with Crippen molar-refractivity contribution in [3.63, 3.8) is 0 Å². The SMILES string of the molecule is CC(C)(N)C(=O)O.CN1CCC[C@H]1C(=O)O. The highest BCUT2D eigenvalue weighted by Crippen LogP contribution is 2.13. The monoisotopic (exact) mass is 232 g/mol. The van der Waals surface area contributed by atoms with Crippen LogP contribution in [-0.2, 0) is 9.59 Å². The lowest BCUT2D eigenvalue weighted by molar-refractivity contribution is -0.142. The predicted molar refractivity (Wildman–Crippen MR) is 59.2 cm³/mol. The molecule has 4 N–H and O–H groups in total. The lowest BCUT2D eigenvalue weighted by atomic mass is 10.1. The van der Waals surface area contributed by atoms with Gasteiger partial charge in [0.25, 0.3) is 0 Å². The predicted octanol–water partition coefficient (Wildman–Crippen LogP) is -0.0265. The van der Waals surface area contributed by atoms with E-state index >= 15 is 0 Å². The van der Waals surface area contributed by atoms with E-state index in [0.29, 0.717) is 0 Å². The van der Waals surface area contributed by atoms with Gasteiger partial charge in [-0.1, -0.05) is 0 Å². The van der Waals surface area contributed by atoms with Crippen molar-refractivity contribution < 1.29 is 19.8 Å². The van der Waals surface area contributed by atoms with Crippen LogP contribution in [0, 0.1) is 0 Å². The highest BCUT2D eigenvalue weighted by Gasteiger charge is 2.26. The summed E-state index contributed by atoms with van der Waals surface area (Å²) in [5, 5.41) is 16.7. The number of carbonyl (C=O) groups is 2. The van der Waals surface area contributed by atoms with Crippen LogP contribution < -0.4 is 5.73 Å². The zero-order valence-corrected chi connectivity index (χ0v) is 9.93. The maximum Gasteiger partial charge on any atom is 0.323 e. The largest absolute Gasteiger partial charge is 0.480 e. The molecule has 0 unspecified atom stereocenters. The summed E-state index contributed by atoms with van der Waals surface area (Å²) in [6.07, 6.45) is 1.83. The van der Waals surface area contributed by atoms with E-state index in [1.165, 1.54) is 13.8 Å². The molecular formula is C10H20N2O4. The van der Waals surface area contributed by atoms with E-state index in [0.717, 1.165) is 19.4 Å². The average molecular weight is 232 g/mol. The smallest absolute Gasteiger partial charge is 0.323 e. The number of hydrogen-bond acceptors (Lipinski definition) is 4. The first-order chi connectivity index (χ1) is 7.16. The average Bonchev–Trinajstić information content (AvgIpc) is 2.50. The van der Waals surface area contributed by atoms with Crippen molar-refractivity contribution in [2.75, 3.05) is 13.6 Å². The van der Waals surface area contributed by atoms with Crippen molar-refractivity contribution in [2.24, 2.45) is 5.73 Å². The third-order valence-electron chi connectivity index (χ3n) is 2.36. The van der Waals surface area contributed by atoms with Gasteiger partial charge >= 0.3 is 11.9 Å². The van der Waals surface area contributed by atoms with E-state index in [2.05, 4.69) is 0 Å². The third-order valence-corrected chi connectivity index (χ3v) is 2.36. The van der Waals surface area contributed by atoms with Crippen molar-refractivity contribution in [1.82, 2.24) is 4.90 Å². The summed E-state index contributed by atoms with van der Waals surface area (Å²) in [6, 6.07) is -0.218. The lowest BCUT2D eigenvalue weighted by Gasteiger charge is -2.13. The fourth-order valence-electron chi connectivity index (χ4n) is 1.22. The Bertz CT molecular complexity index is 260. The topological polar surface area (TPSA) is 104 Å². The molecule has 0 amide bonds. The number of carboxylic acid groups (broad SMARTS) is 2. The molecule has 6 nitrogen and oxygen atoms in total. The van der Waals surface area contributed by atoms with Crippen LogP contribution in [0.4, 0.5) is 0 Å². The molecule has 0 radical (unpaired) electrons. The van der Waals surface area contributed by atoms with Crippen molar-refractivity contribution in [3.8, 4) is 0 Å². The number of nitrogens with zero attached hydrogens (tertiary/aromatic N) is 1. The van der Waals surface area contributed by atoms with Crippen LogP contribution in [0.15, 0.2) is 0 Å². The summed E-state index contributed by atoms with van der Waals surface area (Å²) in [6.45, 7) is 3.81. The molecule has 1 saturated heterocycles. The quantitative estimate of drug-likeness (QED) is 0.618. The molecule has 6 heteroatoms. The molecule has 1 atom stereocenters. The maximum absolute atomic E-state index is 10.4. The molecule has 16 heavy (non-hydrogen) atoms. The standard InChI is InChI=1S/C6H11NO2.C4H9NO2/c1-7-4-2-3-5(7)6(8)9;1-4(2,5)3(6)7/h5H,2-4H2,1H3,(H,8,9);5H2,1-2H3,(H,6,7)/t5-;/m0./s1. The Kier molecular flexibility index (Phi) is 5.40. The molecule has 1 rings (SSSR count). The molecule has 94 valence electrons. The molecular weight excluding hydrogens is 212 g/mol. The van der Waals surface area contributed by atoms with Crippen LogP contribution in [0.1, 0.15) is 26.7 Å².